The number of nitrogens with zero attached hydrogens (tertiary/aromatic N) is 3. The molecule has 0 fully saturated rings. The van der Waals surface area contributed by atoms with Gasteiger partial charge < -0.3 is 19.9 Å². The second-order valence-corrected chi connectivity index (χ2v) is 5.74. The lowest BCUT2D eigenvalue weighted by molar-refractivity contribution is -0.145. The third-order valence-electron chi connectivity index (χ3n) is 3.20. The lowest BCUT2D eigenvalue weighted by atomic mass is 10.3. The molecule has 0 unspecified atom stereocenters. The highest BCUT2D eigenvalue weighted by molar-refractivity contribution is 7.99. The lowest BCUT2D eigenvalue weighted by Crippen LogP contribution is -2.44. The number of carbonyl (C=O) groups is 2. The molecular formula is C15H18N4O5S. The van der Waals surface area contributed by atoms with Gasteiger partial charge in [-0.3, -0.25) is 9.36 Å². The van der Waals surface area contributed by atoms with Gasteiger partial charge in [0.1, 0.15) is 12.1 Å². The van der Waals surface area contributed by atoms with E-state index in [4.69, 9.17) is 9.84 Å². The quantitative estimate of drug-likeness (QED) is 0.496. The van der Waals surface area contributed by atoms with E-state index < -0.39 is 24.5 Å². The number of nitrogens with one attached hydrogen (secondary N) is 1. The van der Waals surface area contributed by atoms with Crippen molar-refractivity contribution in [2.24, 2.45) is 0 Å². The summed E-state index contributed by atoms with van der Waals surface area (Å²) >= 11 is 1.15. The summed E-state index contributed by atoms with van der Waals surface area (Å²) in [6.45, 7) is -0.537. The molecule has 134 valence electrons. The highest BCUT2D eigenvalue weighted by atomic mass is 32.2. The van der Waals surface area contributed by atoms with E-state index in [0.717, 1.165) is 23.2 Å². The fraction of sp³-hybridized carbons (Fsp3) is 0.333. The van der Waals surface area contributed by atoms with Crippen molar-refractivity contribution in [3.8, 4) is 11.4 Å². The Morgan fingerprint density at radius 2 is 2.04 bits per heavy atom. The molecule has 1 amide bonds. The maximum atomic E-state index is 11.9. The Bertz CT molecular complexity index is 719. The van der Waals surface area contributed by atoms with Crippen molar-refractivity contribution in [2.45, 2.75) is 11.2 Å². The summed E-state index contributed by atoms with van der Waals surface area (Å²) in [5, 5.41) is 19.8. The number of amides is 1. The van der Waals surface area contributed by atoms with Crippen LogP contribution in [-0.2, 0) is 14.3 Å². The molecule has 0 aliphatic heterocycles. The van der Waals surface area contributed by atoms with Crippen LogP contribution < -0.4 is 10.1 Å². The van der Waals surface area contributed by atoms with E-state index in [1.807, 2.05) is 12.1 Å². The smallest absolute Gasteiger partial charge is 0.330 e. The van der Waals surface area contributed by atoms with Gasteiger partial charge in [-0.1, -0.05) is 11.8 Å². The molecule has 0 aliphatic rings. The van der Waals surface area contributed by atoms with E-state index in [2.05, 4.69) is 20.3 Å². The third kappa shape index (κ3) is 4.94. The van der Waals surface area contributed by atoms with Crippen LogP contribution in [0.15, 0.2) is 35.7 Å². The van der Waals surface area contributed by atoms with E-state index >= 15 is 0 Å². The van der Waals surface area contributed by atoms with E-state index in [1.165, 1.54) is 13.4 Å². The predicted octanol–water partition coefficient (Wildman–Crippen LogP) is 0.0181. The maximum Gasteiger partial charge on any atom is 0.330 e. The molecule has 1 atom stereocenters. The number of aromatic nitrogens is 3. The number of aliphatic hydroxyl groups excluding tert-OH is 1. The Kier molecular flexibility index (Phi) is 6.78. The number of methoxy groups -OCH3 is 2. The van der Waals surface area contributed by atoms with Gasteiger partial charge >= 0.3 is 5.97 Å². The zero-order chi connectivity index (χ0) is 18.2. The van der Waals surface area contributed by atoms with Gasteiger partial charge in [0.2, 0.25) is 5.91 Å². The highest BCUT2D eigenvalue weighted by Gasteiger charge is 2.20. The van der Waals surface area contributed by atoms with Crippen LogP contribution in [0, 0.1) is 0 Å². The zero-order valence-electron chi connectivity index (χ0n) is 13.7. The molecule has 0 radical (unpaired) electrons. The first-order chi connectivity index (χ1) is 12.1. The summed E-state index contributed by atoms with van der Waals surface area (Å²) in [6.07, 6.45) is 1.53. The molecule has 9 nitrogen and oxygen atoms in total. The van der Waals surface area contributed by atoms with Gasteiger partial charge in [-0.15, -0.1) is 10.2 Å². The molecule has 0 saturated carbocycles. The van der Waals surface area contributed by atoms with Gasteiger partial charge in [0.25, 0.3) is 0 Å². The standard InChI is InChI=1S/C15H18N4O5S/c1-23-11-5-3-10(4-6-11)19-9-16-18-15(19)25-8-13(21)17-12(7-20)14(22)24-2/h3-6,9,12,20H,7-8H2,1-2H3,(H,17,21)/t12-/m1/s1. The predicted molar refractivity (Wildman–Crippen MR) is 89.7 cm³/mol. The molecular weight excluding hydrogens is 348 g/mol. The first kappa shape index (κ1) is 18.7. The first-order valence-electron chi connectivity index (χ1n) is 7.24. The molecule has 2 rings (SSSR count). The number of thioether (sulfide) groups is 1. The summed E-state index contributed by atoms with van der Waals surface area (Å²) < 4.78 is 11.3. The van der Waals surface area contributed by atoms with Crippen LogP contribution in [0.4, 0.5) is 0 Å². The van der Waals surface area contributed by atoms with Crippen molar-refractivity contribution in [3.05, 3.63) is 30.6 Å². The van der Waals surface area contributed by atoms with Crippen molar-refractivity contribution < 1.29 is 24.2 Å². The van der Waals surface area contributed by atoms with E-state index in [9.17, 15) is 9.59 Å². The zero-order valence-corrected chi connectivity index (χ0v) is 14.5. The monoisotopic (exact) mass is 366 g/mol. The van der Waals surface area contributed by atoms with Crippen molar-refractivity contribution in [2.75, 3.05) is 26.6 Å². The van der Waals surface area contributed by atoms with Gasteiger partial charge in [-0.05, 0) is 24.3 Å². The molecule has 1 aromatic heterocycles. The molecule has 0 saturated heterocycles. The molecule has 1 heterocycles. The normalized spacial score (nSPS) is 11.6. The number of carbonyl (C=O) groups excluding carboxylic acids is 2. The fourth-order valence-corrected chi connectivity index (χ4v) is 2.67. The second-order valence-electron chi connectivity index (χ2n) is 4.80. The Morgan fingerprint density at radius 1 is 1.32 bits per heavy atom. The van der Waals surface area contributed by atoms with Crippen molar-refractivity contribution in [3.63, 3.8) is 0 Å². The number of aliphatic hydroxyl groups is 1. The largest absolute Gasteiger partial charge is 0.497 e. The number of ether oxygens (including phenoxy) is 2. The maximum absolute atomic E-state index is 11.9. The topological polar surface area (TPSA) is 116 Å². The number of benzene rings is 1. The molecule has 25 heavy (non-hydrogen) atoms. The van der Waals surface area contributed by atoms with Gasteiger partial charge in [-0.25, -0.2) is 4.79 Å². The minimum absolute atomic E-state index is 0.00232. The van der Waals surface area contributed by atoms with Crippen LogP contribution >= 0.6 is 11.8 Å². The van der Waals surface area contributed by atoms with Crippen LogP contribution in [0.5, 0.6) is 5.75 Å². The molecule has 1 aromatic carbocycles. The van der Waals surface area contributed by atoms with Gasteiger partial charge in [-0.2, -0.15) is 0 Å². The summed E-state index contributed by atoms with van der Waals surface area (Å²) in [4.78, 5) is 23.3. The van der Waals surface area contributed by atoms with Crippen LogP contribution in [0.1, 0.15) is 0 Å². The summed E-state index contributed by atoms with van der Waals surface area (Å²) in [5.41, 5.74) is 0.816. The molecule has 0 spiro atoms. The fourth-order valence-electron chi connectivity index (χ4n) is 1.93. The van der Waals surface area contributed by atoms with Gasteiger partial charge in [0, 0.05) is 5.69 Å². The molecule has 0 bridgehead atoms. The lowest BCUT2D eigenvalue weighted by Gasteiger charge is -2.13. The van der Waals surface area contributed by atoms with Crippen LogP contribution in [0.3, 0.4) is 0 Å². The summed E-state index contributed by atoms with van der Waals surface area (Å²) in [6, 6.07) is 6.20. The Hall–Kier alpha value is -2.59. The number of esters is 1. The van der Waals surface area contributed by atoms with Crippen LogP contribution in [0.2, 0.25) is 0 Å². The van der Waals surface area contributed by atoms with E-state index in [1.54, 1.807) is 23.8 Å². The molecule has 10 heteroatoms. The Balaban J connectivity index is 1.98. The summed E-state index contributed by atoms with van der Waals surface area (Å²) in [7, 11) is 2.77. The van der Waals surface area contributed by atoms with E-state index in [-0.39, 0.29) is 5.75 Å². The average Bonchev–Trinajstić information content (AvgIpc) is 3.12. The van der Waals surface area contributed by atoms with Gasteiger partial charge in [0.15, 0.2) is 11.2 Å². The first-order valence-corrected chi connectivity index (χ1v) is 8.23. The number of rotatable bonds is 8. The van der Waals surface area contributed by atoms with Crippen molar-refractivity contribution >= 4 is 23.6 Å². The Morgan fingerprint density at radius 3 is 2.64 bits per heavy atom. The van der Waals surface area contributed by atoms with Gasteiger partial charge in [0.05, 0.1) is 26.6 Å². The average molecular weight is 366 g/mol. The van der Waals surface area contributed by atoms with Crippen molar-refractivity contribution in [1.82, 2.24) is 20.1 Å². The molecule has 2 N–H and O–H groups in total. The van der Waals surface area contributed by atoms with Crippen LogP contribution in [-0.4, -0.2) is 64.4 Å². The van der Waals surface area contributed by atoms with E-state index in [0.29, 0.717) is 5.16 Å². The Labute approximate surface area is 148 Å². The molecule has 0 aliphatic carbocycles. The van der Waals surface area contributed by atoms with Crippen molar-refractivity contribution in [1.29, 1.82) is 0 Å². The molecule has 2 aromatic rings. The second kappa shape index (κ2) is 9.04. The summed E-state index contributed by atoms with van der Waals surface area (Å²) in [5.74, 6) is -0.410. The minimum Gasteiger partial charge on any atom is -0.497 e. The minimum atomic E-state index is -1.09. The highest BCUT2D eigenvalue weighted by Crippen LogP contribution is 2.21. The SMILES string of the molecule is COC(=O)[C@@H](CO)NC(=O)CSc1nncn1-c1ccc(OC)cc1. The van der Waals surface area contributed by atoms with Crippen LogP contribution in [0.25, 0.3) is 5.69 Å². The number of hydrogen-bond donors (Lipinski definition) is 2. The number of hydrogen-bond acceptors (Lipinski definition) is 8. The third-order valence-corrected chi connectivity index (χ3v) is 4.15.